The van der Waals surface area contributed by atoms with E-state index in [9.17, 15) is 0 Å². The minimum atomic E-state index is 0.509. The van der Waals surface area contributed by atoms with E-state index >= 15 is 0 Å². The molecule has 0 radical (unpaired) electrons. The summed E-state index contributed by atoms with van der Waals surface area (Å²) >= 11 is 1.74. The van der Waals surface area contributed by atoms with Gasteiger partial charge in [0.25, 0.3) is 0 Å². The van der Waals surface area contributed by atoms with E-state index in [0.717, 1.165) is 24.5 Å². The average Bonchev–Trinajstić information content (AvgIpc) is 2.86. The van der Waals surface area contributed by atoms with Crippen molar-refractivity contribution in [3.8, 4) is 10.6 Å². The monoisotopic (exact) mass is 219 g/mol. The number of aromatic nitrogens is 2. The number of fused-ring (bicyclic) bond motifs is 1. The van der Waals surface area contributed by atoms with Crippen LogP contribution in [-0.2, 0) is 0 Å². The molecule has 2 aromatic heterocycles. The molecular formula is C11H13N3S. The third-order valence-corrected chi connectivity index (χ3v) is 3.69. The van der Waals surface area contributed by atoms with Gasteiger partial charge in [0.2, 0.25) is 0 Å². The molecule has 3 heterocycles. The van der Waals surface area contributed by atoms with Gasteiger partial charge >= 0.3 is 0 Å². The van der Waals surface area contributed by atoms with E-state index in [1.165, 1.54) is 4.88 Å². The maximum Gasteiger partial charge on any atom is 0.125 e. The van der Waals surface area contributed by atoms with Gasteiger partial charge in [-0.25, -0.2) is 4.68 Å². The maximum absolute atomic E-state index is 4.64. The predicted octanol–water partition coefficient (Wildman–Crippen LogP) is 2.99. The van der Waals surface area contributed by atoms with Crippen LogP contribution < -0.4 is 5.32 Å². The summed E-state index contributed by atoms with van der Waals surface area (Å²) in [6, 6.07) is 6.83. The molecule has 2 aromatic rings. The molecule has 0 saturated heterocycles. The summed E-state index contributed by atoms with van der Waals surface area (Å²) in [7, 11) is 0. The van der Waals surface area contributed by atoms with Crippen molar-refractivity contribution >= 4 is 17.2 Å². The van der Waals surface area contributed by atoms with Gasteiger partial charge in [-0.1, -0.05) is 6.07 Å². The van der Waals surface area contributed by atoms with Gasteiger partial charge < -0.3 is 5.32 Å². The van der Waals surface area contributed by atoms with E-state index in [0.29, 0.717) is 6.04 Å². The largest absolute Gasteiger partial charge is 0.370 e. The van der Waals surface area contributed by atoms with Crippen LogP contribution in [0.3, 0.4) is 0 Å². The summed E-state index contributed by atoms with van der Waals surface area (Å²) in [4.78, 5) is 1.24. The van der Waals surface area contributed by atoms with Crippen molar-refractivity contribution in [3.05, 3.63) is 23.6 Å². The Labute approximate surface area is 92.7 Å². The minimum Gasteiger partial charge on any atom is -0.370 e. The van der Waals surface area contributed by atoms with Crippen molar-refractivity contribution in [2.24, 2.45) is 0 Å². The van der Waals surface area contributed by atoms with Crippen LogP contribution >= 0.6 is 11.3 Å². The lowest BCUT2D eigenvalue weighted by Gasteiger charge is -2.21. The summed E-state index contributed by atoms with van der Waals surface area (Å²) in [5, 5.41) is 10.1. The fourth-order valence-electron chi connectivity index (χ4n) is 1.94. The summed E-state index contributed by atoms with van der Waals surface area (Å²) in [6.07, 6.45) is 1.15. The molecule has 0 bridgehead atoms. The van der Waals surface area contributed by atoms with Gasteiger partial charge in [0.15, 0.2) is 0 Å². The lowest BCUT2D eigenvalue weighted by Crippen LogP contribution is -2.21. The van der Waals surface area contributed by atoms with Crippen LogP contribution in [0.2, 0.25) is 0 Å². The highest BCUT2D eigenvalue weighted by molar-refractivity contribution is 7.13. The van der Waals surface area contributed by atoms with Crippen LogP contribution in [0.25, 0.3) is 10.6 Å². The third-order valence-electron chi connectivity index (χ3n) is 2.80. The zero-order chi connectivity index (χ0) is 10.3. The Morgan fingerprint density at radius 1 is 1.60 bits per heavy atom. The smallest absolute Gasteiger partial charge is 0.125 e. The number of rotatable bonds is 1. The number of hydrogen-bond donors (Lipinski definition) is 1. The van der Waals surface area contributed by atoms with Crippen LogP contribution in [0.4, 0.5) is 5.82 Å². The van der Waals surface area contributed by atoms with Gasteiger partial charge in [-0.2, -0.15) is 5.10 Å². The molecule has 0 aromatic carbocycles. The Balaban J connectivity index is 2.06. The third kappa shape index (κ3) is 1.45. The summed E-state index contributed by atoms with van der Waals surface area (Å²) in [5.74, 6) is 1.15. The van der Waals surface area contributed by atoms with Crippen LogP contribution in [0.5, 0.6) is 0 Å². The van der Waals surface area contributed by atoms with E-state index in [-0.39, 0.29) is 0 Å². The van der Waals surface area contributed by atoms with E-state index in [4.69, 9.17) is 0 Å². The standard InChI is InChI=1S/C11H13N3S/c1-8-4-5-12-11-7-9(13-14(8)11)10-3-2-6-15-10/h2-3,6-8,12H,4-5H2,1H3. The van der Waals surface area contributed by atoms with E-state index in [2.05, 4.69) is 45.6 Å². The molecule has 4 heteroatoms. The lowest BCUT2D eigenvalue weighted by molar-refractivity contribution is 0.454. The fraction of sp³-hybridized carbons (Fsp3) is 0.364. The van der Waals surface area contributed by atoms with Crippen LogP contribution in [0.1, 0.15) is 19.4 Å². The Morgan fingerprint density at radius 2 is 2.53 bits per heavy atom. The SMILES string of the molecule is CC1CCNc2cc(-c3cccs3)nn21. The molecule has 0 spiro atoms. The topological polar surface area (TPSA) is 29.9 Å². The molecular weight excluding hydrogens is 206 g/mol. The number of hydrogen-bond acceptors (Lipinski definition) is 3. The molecule has 1 N–H and O–H groups in total. The molecule has 1 aliphatic heterocycles. The van der Waals surface area contributed by atoms with Crippen LogP contribution in [-0.4, -0.2) is 16.3 Å². The Morgan fingerprint density at radius 3 is 3.27 bits per heavy atom. The molecule has 1 unspecified atom stereocenters. The van der Waals surface area contributed by atoms with Gasteiger partial charge in [0, 0.05) is 12.6 Å². The first-order valence-electron chi connectivity index (χ1n) is 5.22. The normalized spacial score (nSPS) is 19.7. The molecule has 1 aliphatic rings. The second-order valence-electron chi connectivity index (χ2n) is 3.90. The number of nitrogens with one attached hydrogen (secondary N) is 1. The summed E-state index contributed by atoms with van der Waals surface area (Å²) in [5.41, 5.74) is 1.08. The maximum atomic E-state index is 4.64. The van der Waals surface area contributed by atoms with E-state index in [1.807, 2.05) is 0 Å². The molecule has 0 fully saturated rings. The first-order valence-corrected chi connectivity index (χ1v) is 6.10. The molecule has 0 aliphatic carbocycles. The Bertz CT molecular complexity index is 458. The van der Waals surface area contributed by atoms with Crippen molar-refractivity contribution in [1.29, 1.82) is 0 Å². The zero-order valence-electron chi connectivity index (χ0n) is 8.60. The first kappa shape index (κ1) is 8.97. The molecule has 3 rings (SSSR count). The minimum absolute atomic E-state index is 0.509. The van der Waals surface area contributed by atoms with Gasteiger partial charge in [-0.15, -0.1) is 11.3 Å². The zero-order valence-corrected chi connectivity index (χ0v) is 9.42. The van der Waals surface area contributed by atoms with Crippen LogP contribution in [0, 0.1) is 0 Å². The van der Waals surface area contributed by atoms with Crippen molar-refractivity contribution in [2.45, 2.75) is 19.4 Å². The second kappa shape index (κ2) is 3.38. The van der Waals surface area contributed by atoms with Crippen LogP contribution in [0.15, 0.2) is 23.6 Å². The first-order chi connectivity index (χ1) is 7.34. The highest BCUT2D eigenvalue weighted by atomic mass is 32.1. The molecule has 1 atom stereocenters. The average molecular weight is 219 g/mol. The van der Waals surface area contributed by atoms with Gasteiger partial charge in [0.1, 0.15) is 11.5 Å². The molecule has 3 nitrogen and oxygen atoms in total. The van der Waals surface area contributed by atoms with Gasteiger partial charge in [-0.05, 0) is 24.8 Å². The van der Waals surface area contributed by atoms with E-state index in [1.54, 1.807) is 11.3 Å². The molecule has 0 saturated carbocycles. The number of thiophene rings is 1. The Kier molecular flexibility index (Phi) is 2.02. The van der Waals surface area contributed by atoms with E-state index < -0.39 is 0 Å². The van der Waals surface area contributed by atoms with Crippen molar-refractivity contribution in [2.75, 3.05) is 11.9 Å². The number of anilines is 1. The van der Waals surface area contributed by atoms with Gasteiger partial charge in [-0.3, -0.25) is 0 Å². The summed E-state index contributed by atoms with van der Waals surface area (Å²) in [6.45, 7) is 3.27. The molecule has 0 amide bonds. The number of nitrogens with zero attached hydrogens (tertiary/aromatic N) is 2. The molecule has 15 heavy (non-hydrogen) atoms. The quantitative estimate of drug-likeness (QED) is 0.799. The highest BCUT2D eigenvalue weighted by Crippen LogP contribution is 2.30. The fourth-order valence-corrected chi connectivity index (χ4v) is 2.62. The lowest BCUT2D eigenvalue weighted by atomic mass is 10.2. The van der Waals surface area contributed by atoms with Crippen molar-refractivity contribution in [1.82, 2.24) is 9.78 Å². The van der Waals surface area contributed by atoms with Crippen molar-refractivity contribution in [3.63, 3.8) is 0 Å². The summed E-state index contributed by atoms with van der Waals surface area (Å²) < 4.78 is 2.10. The van der Waals surface area contributed by atoms with Gasteiger partial charge in [0.05, 0.1) is 10.9 Å². The Hall–Kier alpha value is -1.29. The van der Waals surface area contributed by atoms with Crippen molar-refractivity contribution < 1.29 is 0 Å². The second-order valence-corrected chi connectivity index (χ2v) is 4.85. The highest BCUT2D eigenvalue weighted by Gasteiger charge is 2.18. The predicted molar refractivity (Wildman–Crippen MR) is 63.4 cm³/mol. The molecule has 78 valence electrons.